The summed E-state index contributed by atoms with van der Waals surface area (Å²) >= 11 is 6.48. The predicted octanol–water partition coefficient (Wildman–Crippen LogP) is 6.33. The van der Waals surface area contributed by atoms with Gasteiger partial charge in [0.05, 0.1) is 24.0 Å². The van der Waals surface area contributed by atoms with E-state index < -0.39 is 5.97 Å². The van der Waals surface area contributed by atoms with Crippen molar-refractivity contribution >= 4 is 40.1 Å². The standard InChI is InChI=1S/C27H26ClN3O4/c1-2-3-12-35-21-8-4-17(5-9-21)27(34)30-25-15-23(28)19(7-11-26(32)33)14-22(25)18-6-10-24-20(13-18)16-29-31-24/h4-6,8-10,13-16H,2-3,7,11-12H2,1H3,(H,29,31)(H,30,34)(H,32,33). The van der Waals surface area contributed by atoms with Gasteiger partial charge in [0.25, 0.3) is 5.91 Å². The number of carbonyl (C=O) groups is 2. The predicted molar refractivity (Wildman–Crippen MR) is 137 cm³/mol. The molecule has 1 amide bonds. The van der Waals surface area contributed by atoms with Crippen molar-refractivity contribution in [2.75, 3.05) is 11.9 Å². The quantitative estimate of drug-likeness (QED) is 0.225. The fourth-order valence-electron chi connectivity index (χ4n) is 3.74. The van der Waals surface area contributed by atoms with Crippen LogP contribution in [-0.2, 0) is 11.2 Å². The first-order valence-corrected chi connectivity index (χ1v) is 11.8. The lowest BCUT2D eigenvalue weighted by molar-refractivity contribution is -0.136. The molecule has 0 saturated heterocycles. The third kappa shape index (κ3) is 6.00. The van der Waals surface area contributed by atoms with Gasteiger partial charge < -0.3 is 15.2 Å². The Hall–Kier alpha value is -3.84. The van der Waals surface area contributed by atoms with Gasteiger partial charge in [0.2, 0.25) is 0 Å². The van der Waals surface area contributed by atoms with Gasteiger partial charge in [-0.25, -0.2) is 0 Å². The second-order valence-electron chi connectivity index (χ2n) is 8.24. The lowest BCUT2D eigenvalue weighted by Gasteiger charge is -2.15. The number of H-pyrrole nitrogens is 1. The summed E-state index contributed by atoms with van der Waals surface area (Å²) in [6.45, 7) is 2.74. The second-order valence-corrected chi connectivity index (χ2v) is 8.64. The van der Waals surface area contributed by atoms with E-state index in [1.54, 1.807) is 36.5 Å². The molecule has 35 heavy (non-hydrogen) atoms. The summed E-state index contributed by atoms with van der Waals surface area (Å²) < 4.78 is 5.67. The molecule has 0 aliphatic heterocycles. The molecule has 0 spiro atoms. The second kappa shape index (κ2) is 11.1. The van der Waals surface area contributed by atoms with Crippen molar-refractivity contribution in [1.82, 2.24) is 10.2 Å². The first-order chi connectivity index (χ1) is 16.9. The number of aromatic nitrogens is 2. The minimum atomic E-state index is -0.901. The minimum absolute atomic E-state index is 0.0433. The molecule has 0 unspecified atom stereocenters. The van der Waals surface area contributed by atoms with E-state index in [1.165, 1.54) is 0 Å². The van der Waals surface area contributed by atoms with Gasteiger partial charge in [-0.3, -0.25) is 14.7 Å². The Kier molecular flexibility index (Phi) is 7.67. The zero-order valence-corrected chi connectivity index (χ0v) is 20.1. The molecule has 0 fully saturated rings. The van der Waals surface area contributed by atoms with Crippen molar-refractivity contribution in [3.05, 3.63) is 76.9 Å². The summed E-state index contributed by atoms with van der Waals surface area (Å²) in [4.78, 5) is 24.2. The number of aliphatic carboxylic acids is 1. The Morgan fingerprint density at radius 3 is 2.66 bits per heavy atom. The molecule has 0 radical (unpaired) electrons. The SMILES string of the molecule is CCCCOc1ccc(C(=O)Nc2cc(Cl)c(CCC(=O)O)cc2-c2ccc3[nH]ncc3c2)cc1. The van der Waals surface area contributed by atoms with Crippen LogP contribution in [0.15, 0.2) is 60.8 Å². The number of carboxylic acids is 1. The van der Waals surface area contributed by atoms with Crippen LogP contribution in [-0.4, -0.2) is 33.8 Å². The molecule has 1 heterocycles. The zero-order chi connectivity index (χ0) is 24.8. The number of ether oxygens (including phenoxy) is 1. The molecule has 8 heteroatoms. The molecule has 0 bridgehead atoms. The van der Waals surface area contributed by atoms with Gasteiger partial charge in [0.1, 0.15) is 5.75 Å². The van der Waals surface area contributed by atoms with Crippen molar-refractivity contribution < 1.29 is 19.4 Å². The third-order valence-electron chi connectivity index (χ3n) is 5.68. The van der Waals surface area contributed by atoms with Gasteiger partial charge in [-0.2, -0.15) is 5.10 Å². The fourth-order valence-corrected chi connectivity index (χ4v) is 3.99. The molecule has 0 atom stereocenters. The number of carboxylic acid groups (broad SMARTS) is 1. The largest absolute Gasteiger partial charge is 0.494 e. The van der Waals surface area contributed by atoms with Crippen LogP contribution in [0.3, 0.4) is 0 Å². The van der Waals surface area contributed by atoms with Crippen molar-refractivity contribution in [3.63, 3.8) is 0 Å². The number of nitrogens with one attached hydrogen (secondary N) is 2. The highest BCUT2D eigenvalue weighted by molar-refractivity contribution is 6.32. The lowest BCUT2D eigenvalue weighted by atomic mass is 9.97. The van der Waals surface area contributed by atoms with Crippen molar-refractivity contribution in [2.24, 2.45) is 0 Å². The zero-order valence-electron chi connectivity index (χ0n) is 19.3. The van der Waals surface area contributed by atoms with Gasteiger partial charge in [-0.05, 0) is 72.5 Å². The number of hydrogen-bond acceptors (Lipinski definition) is 4. The third-order valence-corrected chi connectivity index (χ3v) is 6.03. The van der Waals surface area contributed by atoms with E-state index in [0.717, 1.165) is 40.6 Å². The number of benzene rings is 3. The Balaban J connectivity index is 1.64. The smallest absolute Gasteiger partial charge is 0.303 e. The Bertz CT molecular complexity index is 1350. The van der Waals surface area contributed by atoms with Crippen molar-refractivity contribution in [1.29, 1.82) is 0 Å². The molecule has 180 valence electrons. The summed E-state index contributed by atoms with van der Waals surface area (Å²) in [6, 6.07) is 16.3. The van der Waals surface area contributed by atoms with Crippen molar-refractivity contribution in [3.8, 4) is 16.9 Å². The maximum absolute atomic E-state index is 13.1. The average Bonchev–Trinajstić information content (AvgIpc) is 3.32. The fraction of sp³-hybridized carbons (Fsp3) is 0.222. The maximum atomic E-state index is 13.1. The highest BCUT2D eigenvalue weighted by Gasteiger charge is 2.16. The Labute approximate surface area is 208 Å². The molecular formula is C27H26ClN3O4. The minimum Gasteiger partial charge on any atom is -0.494 e. The van der Waals surface area contributed by atoms with Gasteiger partial charge in [0, 0.05) is 28.0 Å². The molecule has 3 N–H and O–H groups in total. The van der Waals surface area contributed by atoms with Crippen molar-refractivity contribution in [2.45, 2.75) is 32.6 Å². The maximum Gasteiger partial charge on any atom is 0.303 e. The summed E-state index contributed by atoms with van der Waals surface area (Å²) in [6.07, 6.45) is 3.98. The number of unbranched alkanes of at least 4 members (excludes halogenated alkanes) is 1. The number of nitrogens with zero attached hydrogens (tertiary/aromatic N) is 1. The molecule has 4 aromatic rings. The summed E-state index contributed by atoms with van der Waals surface area (Å²) in [5.74, 6) is -0.470. The van der Waals surface area contributed by atoms with Crippen LogP contribution >= 0.6 is 11.6 Å². The molecule has 7 nitrogen and oxygen atoms in total. The van der Waals surface area contributed by atoms with Crippen LogP contribution in [0.1, 0.15) is 42.1 Å². The van der Waals surface area contributed by atoms with Gasteiger partial charge in [0.15, 0.2) is 0 Å². The molecule has 3 aromatic carbocycles. The van der Waals surface area contributed by atoms with E-state index in [0.29, 0.717) is 28.4 Å². The van der Waals surface area contributed by atoms with E-state index in [1.807, 2.05) is 24.3 Å². The van der Waals surface area contributed by atoms with Gasteiger partial charge in [-0.1, -0.05) is 31.0 Å². The molecule has 0 saturated carbocycles. The summed E-state index contributed by atoms with van der Waals surface area (Å²) in [5, 5.41) is 20.4. The van der Waals surface area contributed by atoms with E-state index in [-0.39, 0.29) is 18.7 Å². The van der Waals surface area contributed by atoms with E-state index in [4.69, 9.17) is 21.4 Å². The molecule has 0 aliphatic rings. The topological polar surface area (TPSA) is 104 Å². The van der Waals surface area contributed by atoms with E-state index in [2.05, 4.69) is 22.4 Å². The van der Waals surface area contributed by atoms with E-state index in [9.17, 15) is 9.59 Å². The monoisotopic (exact) mass is 491 g/mol. The number of aromatic amines is 1. The lowest BCUT2D eigenvalue weighted by Crippen LogP contribution is -2.13. The average molecular weight is 492 g/mol. The summed E-state index contributed by atoms with van der Waals surface area (Å²) in [7, 11) is 0. The normalized spacial score (nSPS) is 10.9. The van der Waals surface area contributed by atoms with E-state index >= 15 is 0 Å². The number of halogens is 1. The van der Waals surface area contributed by atoms with Gasteiger partial charge >= 0.3 is 5.97 Å². The van der Waals surface area contributed by atoms with Crippen LogP contribution in [0.25, 0.3) is 22.0 Å². The number of hydrogen-bond donors (Lipinski definition) is 3. The Morgan fingerprint density at radius 1 is 1.11 bits per heavy atom. The first kappa shape index (κ1) is 24.3. The number of aryl methyl sites for hydroxylation is 1. The van der Waals surface area contributed by atoms with Crippen LogP contribution in [0.4, 0.5) is 5.69 Å². The first-order valence-electron chi connectivity index (χ1n) is 11.5. The molecular weight excluding hydrogens is 466 g/mol. The number of anilines is 1. The number of rotatable bonds is 10. The van der Waals surface area contributed by atoms with Crippen LogP contribution < -0.4 is 10.1 Å². The number of amides is 1. The molecule has 4 rings (SSSR count). The van der Waals surface area contributed by atoms with Crippen LogP contribution in [0, 0.1) is 0 Å². The summed E-state index contributed by atoms with van der Waals surface area (Å²) in [5.41, 5.74) is 4.19. The van der Waals surface area contributed by atoms with Gasteiger partial charge in [-0.15, -0.1) is 0 Å². The molecule has 0 aliphatic carbocycles. The highest BCUT2D eigenvalue weighted by atomic mass is 35.5. The highest BCUT2D eigenvalue weighted by Crippen LogP contribution is 2.35. The number of fused-ring (bicyclic) bond motifs is 1. The van der Waals surface area contributed by atoms with Crippen LogP contribution in [0.2, 0.25) is 5.02 Å². The van der Waals surface area contributed by atoms with Crippen LogP contribution in [0.5, 0.6) is 5.75 Å². The Morgan fingerprint density at radius 2 is 1.91 bits per heavy atom. The number of carbonyl (C=O) groups excluding carboxylic acids is 1. The molecule has 1 aromatic heterocycles.